The van der Waals surface area contributed by atoms with Crippen molar-refractivity contribution in [3.8, 4) is 0 Å². The second-order valence-electron chi connectivity index (χ2n) is 11.0. The maximum Gasteiger partial charge on any atom is 0.180 e. The molecule has 2 atom stereocenters. The van der Waals surface area contributed by atoms with Gasteiger partial charge in [0.15, 0.2) is 23.8 Å². The Hall–Kier alpha value is -0.810. The van der Waals surface area contributed by atoms with E-state index in [1.807, 2.05) is 27.7 Å². The summed E-state index contributed by atoms with van der Waals surface area (Å²) < 4.78 is 36.4. The van der Waals surface area contributed by atoms with E-state index in [-0.39, 0.29) is 24.0 Å². The third-order valence-electron chi connectivity index (χ3n) is 6.93. The molecule has 38 heavy (non-hydrogen) atoms. The Morgan fingerprint density at radius 1 is 0.842 bits per heavy atom. The van der Waals surface area contributed by atoms with E-state index in [0.717, 1.165) is 84.4 Å². The van der Waals surface area contributed by atoms with Crippen LogP contribution >= 0.6 is 0 Å². The Bertz CT molecular complexity index is 574. The summed E-state index contributed by atoms with van der Waals surface area (Å²) in [4.78, 5) is 3.93. The van der Waals surface area contributed by atoms with Gasteiger partial charge in [0, 0.05) is 19.8 Å². The minimum absolute atomic E-state index is 0.111. The molecule has 4 fully saturated rings. The van der Waals surface area contributed by atoms with Crippen molar-refractivity contribution < 1.29 is 38.3 Å². The summed E-state index contributed by atoms with van der Waals surface area (Å²) >= 11 is 0. The fourth-order valence-electron chi connectivity index (χ4n) is 4.12. The van der Waals surface area contributed by atoms with Crippen LogP contribution in [0.2, 0.25) is 0 Å². The molecule has 0 aromatic heterocycles. The van der Waals surface area contributed by atoms with Crippen LogP contribution in [-0.2, 0) is 33.2 Å². The van der Waals surface area contributed by atoms with Gasteiger partial charge in [-0.05, 0) is 51.9 Å². The summed E-state index contributed by atoms with van der Waals surface area (Å²) in [5.74, 6) is 1.43. The summed E-state index contributed by atoms with van der Waals surface area (Å²) in [6.07, 6.45) is 6.93. The lowest BCUT2D eigenvalue weighted by atomic mass is 9.93. The first-order chi connectivity index (χ1) is 18.0. The van der Waals surface area contributed by atoms with Gasteiger partial charge in [0.05, 0.1) is 52.3 Å². The third-order valence-corrected chi connectivity index (χ3v) is 6.93. The number of aliphatic imine (C=N–C) groups is 1. The van der Waals surface area contributed by atoms with Gasteiger partial charge in [-0.1, -0.05) is 34.1 Å². The highest BCUT2D eigenvalue weighted by atomic mass is 16.7. The Balaban J connectivity index is 0.000000239. The molecule has 0 bridgehead atoms. The lowest BCUT2D eigenvalue weighted by Gasteiger charge is -2.19. The molecule has 0 aromatic carbocycles. The minimum Gasteiger partial charge on any atom is -0.479 e. The van der Waals surface area contributed by atoms with Crippen LogP contribution in [-0.4, -0.2) is 87.8 Å². The molecule has 0 radical (unpaired) electrons. The van der Waals surface area contributed by atoms with Crippen molar-refractivity contribution in [3.63, 3.8) is 0 Å². The summed E-state index contributed by atoms with van der Waals surface area (Å²) in [7, 11) is 0. The van der Waals surface area contributed by atoms with Crippen molar-refractivity contribution in [1.82, 2.24) is 0 Å². The lowest BCUT2D eigenvalue weighted by molar-refractivity contribution is -0.150. The molecule has 1 saturated carbocycles. The van der Waals surface area contributed by atoms with Crippen molar-refractivity contribution >= 4 is 5.90 Å². The minimum atomic E-state index is -0.306. The van der Waals surface area contributed by atoms with E-state index in [1.165, 1.54) is 12.8 Å². The smallest absolute Gasteiger partial charge is 0.180 e. The van der Waals surface area contributed by atoms with Crippen molar-refractivity contribution in [2.75, 3.05) is 52.8 Å². The first kappa shape index (κ1) is 35.2. The van der Waals surface area contributed by atoms with Crippen molar-refractivity contribution in [2.24, 2.45) is 16.8 Å². The summed E-state index contributed by atoms with van der Waals surface area (Å²) in [6.45, 7) is 22.3. The topological polar surface area (TPSA) is 97.2 Å². The van der Waals surface area contributed by atoms with Crippen LogP contribution in [0.3, 0.4) is 0 Å². The fourth-order valence-corrected chi connectivity index (χ4v) is 4.12. The van der Waals surface area contributed by atoms with Gasteiger partial charge in [0.1, 0.15) is 6.61 Å². The van der Waals surface area contributed by atoms with Crippen LogP contribution in [0.5, 0.6) is 0 Å². The molecule has 4 aliphatic heterocycles. The maximum atomic E-state index is 8.99. The summed E-state index contributed by atoms with van der Waals surface area (Å²) in [6, 6.07) is 0. The lowest BCUT2D eigenvalue weighted by Crippen LogP contribution is -2.24. The Kier molecular flexibility index (Phi) is 17.9. The van der Waals surface area contributed by atoms with Gasteiger partial charge in [-0.25, -0.2) is 0 Å². The number of aliphatic hydroxyl groups is 1. The number of rotatable bonds is 4. The van der Waals surface area contributed by atoms with E-state index in [2.05, 4.69) is 32.7 Å². The molecular weight excluding hydrogens is 490 g/mol. The van der Waals surface area contributed by atoms with Crippen LogP contribution in [0.4, 0.5) is 0 Å². The second-order valence-corrected chi connectivity index (χ2v) is 11.0. The van der Waals surface area contributed by atoms with E-state index in [0.29, 0.717) is 11.8 Å². The molecule has 1 N–H and O–H groups in total. The molecule has 0 amide bonds. The molecule has 5 aliphatic rings. The second kappa shape index (κ2) is 19.3. The average Bonchev–Trinajstić information content (AvgIpc) is 3.70. The fraction of sp³-hybridized carbons (Fsp3) is 0.966. The maximum absolute atomic E-state index is 8.99. The molecule has 9 nitrogen and oxygen atoms in total. The van der Waals surface area contributed by atoms with Crippen LogP contribution in [0.25, 0.3) is 0 Å². The number of hydrogen-bond acceptors (Lipinski definition) is 9. The van der Waals surface area contributed by atoms with E-state index < -0.39 is 0 Å². The van der Waals surface area contributed by atoms with Gasteiger partial charge in [-0.2, -0.15) is 0 Å². The van der Waals surface area contributed by atoms with Crippen LogP contribution in [0.15, 0.2) is 4.99 Å². The Morgan fingerprint density at radius 3 is 1.66 bits per heavy atom. The molecular formula is C29H57NO8. The number of hydrogen-bond donors (Lipinski definition) is 1. The first-order valence-electron chi connectivity index (χ1n) is 14.6. The van der Waals surface area contributed by atoms with Gasteiger partial charge >= 0.3 is 0 Å². The molecule has 9 heteroatoms. The van der Waals surface area contributed by atoms with Crippen LogP contribution < -0.4 is 0 Å². The molecule has 1 aliphatic carbocycles. The number of nitrogens with zero attached hydrogens (tertiary/aromatic N) is 1. The summed E-state index contributed by atoms with van der Waals surface area (Å²) in [5, 5.41) is 8.99. The first-order valence-corrected chi connectivity index (χ1v) is 14.6. The standard InChI is InChI=1S/C7H12O2.C7H16O.C6H12O2.C5H10O2.C4H7NO/c1-2-4-7(3-1)8-5-6-9-7;1-5(2)6(3)7(4)8;1-2-3-6-7-4-5-8-6;1-5(2)6-3-4-7-5;1-4-5-2-3-6-4/h1-6H2;5-8H,1-4H3;6H,2-5H2,1H3;3-4H2,1-2H3;2-3H2,1H3. The largest absolute Gasteiger partial charge is 0.479 e. The average molecular weight is 548 g/mol. The van der Waals surface area contributed by atoms with Gasteiger partial charge in [-0.3, -0.25) is 4.99 Å². The van der Waals surface area contributed by atoms with Crippen LogP contribution in [0, 0.1) is 11.8 Å². The Morgan fingerprint density at radius 2 is 1.37 bits per heavy atom. The molecule has 226 valence electrons. The highest BCUT2D eigenvalue weighted by Crippen LogP contribution is 2.36. The monoisotopic (exact) mass is 547 g/mol. The van der Waals surface area contributed by atoms with E-state index in [1.54, 1.807) is 0 Å². The third kappa shape index (κ3) is 15.7. The van der Waals surface area contributed by atoms with Crippen molar-refractivity contribution in [3.05, 3.63) is 0 Å². The quantitative estimate of drug-likeness (QED) is 0.505. The predicted octanol–water partition coefficient (Wildman–Crippen LogP) is 5.33. The zero-order valence-electron chi connectivity index (χ0n) is 25.5. The van der Waals surface area contributed by atoms with E-state index in [9.17, 15) is 0 Å². The number of ether oxygens (including phenoxy) is 7. The molecule has 1 spiro atoms. The van der Waals surface area contributed by atoms with Crippen LogP contribution in [0.1, 0.15) is 93.9 Å². The normalized spacial score (nSPS) is 24.5. The van der Waals surface area contributed by atoms with Gasteiger partial charge < -0.3 is 38.3 Å². The van der Waals surface area contributed by atoms with Gasteiger partial charge in [0.25, 0.3) is 0 Å². The SMILES string of the molecule is C1CCC2(C1)OCCO2.CC(C)C(C)C(C)O.CC1(C)OCCO1.CC1=NCCO1.CCCC1OCCO1. The number of aliphatic hydroxyl groups excluding tert-OH is 1. The molecule has 0 aromatic rings. The van der Waals surface area contributed by atoms with Gasteiger partial charge in [0.2, 0.25) is 0 Å². The highest BCUT2D eigenvalue weighted by Gasteiger charge is 2.39. The predicted molar refractivity (Wildman–Crippen MR) is 149 cm³/mol. The van der Waals surface area contributed by atoms with Crippen molar-refractivity contribution in [2.45, 2.75) is 118 Å². The molecule has 4 heterocycles. The van der Waals surface area contributed by atoms with E-state index in [4.69, 9.17) is 38.3 Å². The summed E-state index contributed by atoms with van der Waals surface area (Å²) in [5.41, 5.74) is 0. The molecule has 3 saturated heterocycles. The zero-order chi connectivity index (χ0) is 28.4. The zero-order valence-corrected chi connectivity index (χ0v) is 25.5. The Labute approximate surface area is 231 Å². The van der Waals surface area contributed by atoms with Gasteiger partial charge in [-0.15, -0.1) is 0 Å². The molecule has 2 unspecified atom stereocenters. The molecule has 5 rings (SSSR count). The van der Waals surface area contributed by atoms with Crippen molar-refractivity contribution in [1.29, 1.82) is 0 Å². The van der Waals surface area contributed by atoms with E-state index >= 15 is 0 Å². The highest BCUT2D eigenvalue weighted by molar-refractivity contribution is 5.74.